The zero-order chi connectivity index (χ0) is 30.5. The molecule has 0 unspecified atom stereocenters. The maximum atomic E-state index is 13.1. The Balaban J connectivity index is 1.06. The Morgan fingerprint density at radius 1 is 1.00 bits per heavy atom. The van der Waals surface area contributed by atoms with Crippen LogP contribution in [-0.2, 0) is 10.0 Å². The second-order valence-electron chi connectivity index (χ2n) is 12.2. The molecule has 3 aromatic rings. The number of piperazine rings is 2. The van der Waals surface area contributed by atoms with E-state index in [1.807, 2.05) is 18.2 Å². The molecule has 0 radical (unpaired) electrons. The van der Waals surface area contributed by atoms with E-state index in [0.717, 1.165) is 68.3 Å². The number of H-pyrrole nitrogens is 1. The average Bonchev–Trinajstić information content (AvgIpc) is 3.52. The Morgan fingerprint density at radius 2 is 1.77 bits per heavy atom. The predicted molar refractivity (Wildman–Crippen MR) is 175 cm³/mol. The van der Waals surface area contributed by atoms with Gasteiger partial charge in [-0.2, -0.15) is 14.3 Å². The van der Waals surface area contributed by atoms with Crippen LogP contribution >= 0.6 is 0 Å². The molecule has 3 N–H and O–H groups in total. The summed E-state index contributed by atoms with van der Waals surface area (Å²) in [5, 5.41) is 6.94. The summed E-state index contributed by atoms with van der Waals surface area (Å²) in [4.78, 5) is 23.9. The minimum Gasteiger partial charge on any atom is -0.494 e. The average molecular weight is 627 g/mol. The van der Waals surface area contributed by atoms with Gasteiger partial charge in [-0.3, -0.25) is 0 Å². The highest BCUT2D eigenvalue weighted by Gasteiger charge is 2.28. The number of fused-ring (bicyclic) bond motifs is 1. The number of hydrogen-bond donors (Lipinski definition) is 3. The normalized spacial score (nSPS) is 19.8. The van der Waals surface area contributed by atoms with Crippen LogP contribution in [-0.4, -0.2) is 127 Å². The van der Waals surface area contributed by atoms with Gasteiger partial charge in [-0.15, -0.1) is 0 Å². The van der Waals surface area contributed by atoms with E-state index in [0.29, 0.717) is 56.0 Å². The molecule has 0 atom stereocenters. The molecule has 13 nitrogen and oxygen atoms in total. The van der Waals surface area contributed by atoms with Crippen LogP contribution in [0, 0.1) is 0 Å². The Kier molecular flexibility index (Phi) is 9.69. The second-order valence-corrected chi connectivity index (χ2v) is 14.3. The minimum absolute atomic E-state index is 0.206. The topological polar surface area (TPSA) is 135 Å². The van der Waals surface area contributed by atoms with Gasteiger partial charge in [0.1, 0.15) is 11.3 Å². The van der Waals surface area contributed by atoms with Crippen molar-refractivity contribution in [1.82, 2.24) is 34.0 Å². The van der Waals surface area contributed by atoms with Gasteiger partial charge in [0.2, 0.25) is 16.0 Å². The third kappa shape index (κ3) is 7.36. The van der Waals surface area contributed by atoms with Gasteiger partial charge < -0.3 is 35.1 Å². The minimum atomic E-state index is -3.27. The van der Waals surface area contributed by atoms with Crippen LogP contribution < -0.4 is 20.3 Å². The molecule has 1 saturated carbocycles. The lowest BCUT2D eigenvalue weighted by atomic mass is 9.95. The molecule has 0 spiro atoms. The third-order valence-electron chi connectivity index (χ3n) is 9.13. The molecule has 4 heterocycles. The Morgan fingerprint density at radius 3 is 2.52 bits per heavy atom. The van der Waals surface area contributed by atoms with E-state index in [1.54, 1.807) is 17.7 Å². The van der Waals surface area contributed by atoms with Gasteiger partial charge in [0, 0.05) is 70.2 Å². The van der Waals surface area contributed by atoms with Crippen molar-refractivity contribution in [1.29, 1.82) is 0 Å². The summed E-state index contributed by atoms with van der Waals surface area (Å²) in [7, 11) is 0.504. The molecule has 0 amide bonds. The van der Waals surface area contributed by atoms with Gasteiger partial charge >= 0.3 is 0 Å². The number of sulfonamides is 1. The zero-order valence-corrected chi connectivity index (χ0v) is 26.8. The van der Waals surface area contributed by atoms with E-state index in [9.17, 15) is 8.42 Å². The monoisotopic (exact) mass is 626 g/mol. The number of aromatic nitrogens is 4. The first-order valence-corrected chi connectivity index (χ1v) is 17.6. The first kappa shape index (κ1) is 30.8. The van der Waals surface area contributed by atoms with Crippen molar-refractivity contribution < 1.29 is 13.2 Å². The number of nitrogens with one attached hydrogen (secondary N) is 3. The summed E-state index contributed by atoms with van der Waals surface area (Å²) in [6, 6.07) is 6.36. The largest absolute Gasteiger partial charge is 0.494 e. The van der Waals surface area contributed by atoms with E-state index in [4.69, 9.17) is 9.72 Å². The first-order valence-electron chi connectivity index (χ1n) is 15.9. The summed E-state index contributed by atoms with van der Waals surface area (Å²) >= 11 is 0. The predicted octanol–water partition coefficient (Wildman–Crippen LogP) is 2.94. The highest BCUT2D eigenvalue weighted by atomic mass is 32.2. The lowest BCUT2D eigenvalue weighted by Crippen LogP contribution is -2.49. The summed E-state index contributed by atoms with van der Waals surface area (Å²) in [6.07, 6.45) is 8.33. The number of ether oxygens (including phenoxy) is 1. The number of methoxy groups -OCH3 is 1. The van der Waals surface area contributed by atoms with Crippen molar-refractivity contribution in [3.63, 3.8) is 0 Å². The molecule has 0 bridgehead atoms. The molecule has 1 aliphatic carbocycles. The van der Waals surface area contributed by atoms with Crippen LogP contribution in [0.3, 0.4) is 0 Å². The molecular weight excluding hydrogens is 580 g/mol. The molecule has 6 rings (SSSR count). The maximum Gasteiger partial charge on any atom is 0.231 e. The van der Waals surface area contributed by atoms with Gasteiger partial charge in [-0.1, -0.05) is 19.3 Å². The van der Waals surface area contributed by atoms with E-state index < -0.39 is 10.0 Å². The molecule has 2 saturated heterocycles. The Hall–Kier alpha value is -3.20. The molecule has 3 fully saturated rings. The molecule has 3 aliphatic rings. The van der Waals surface area contributed by atoms with Gasteiger partial charge in [0.15, 0.2) is 11.5 Å². The van der Waals surface area contributed by atoms with Crippen LogP contribution in [0.15, 0.2) is 24.5 Å². The van der Waals surface area contributed by atoms with Crippen LogP contribution in [0.25, 0.3) is 11.2 Å². The number of likely N-dealkylation sites (N-methyl/N-ethyl adjacent to an activating group) is 1. The molecule has 44 heavy (non-hydrogen) atoms. The number of aromatic amines is 1. The lowest BCUT2D eigenvalue weighted by Gasteiger charge is -2.36. The number of rotatable bonds is 11. The number of nitrogens with zero attached hydrogens (tertiary/aromatic N) is 7. The van der Waals surface area contributed by atoms with Crippen molar-refractivity contribution in [2.75, 3.05) is 94.3 Å². The summed E-state index contributed by atoms with van der Waals surface area (Å²) in [5.41, 5.74) is 3.14. The standard InChI is InChI=1S/C30H46N10O3S/c1-37-12-14-38(15-13-37)11-6-20-44(41,42)40-18-16-39(17-19-40)24-9-10-25(26(21-24)43-2)34-30-35-28-27(31-22-32-28)29(36-30)33-23-7-4-3-5-8-23/h9-10,21-23H,3-8,11-20H2,1-2H3,(H3,31,32,33,34,35,36). The zero-order valence-electron chi connectivity index (χ0n) is 26.0. The number of benzene rings is 1. The number of hydrogen-bond acceptors (Lipinski definition) is 11. The molecule has 2 aliphatic heterocycles. The highest BCUT2D eigenvalue weighted by molar-refractivity contribution is 7.89. The number of imidazole rings is 1. The fourth-order valence-electron chi connectivity index (χ4n) is 6.43. The summed E-state index contributed by atoms with van der Waals surface area (Å²) in [5.74, 6) is 2.07. The van der Waals surface area contributed by atoms with E-state index >= 15 is 0 Å². The van der Waals surface area contributed by atoms with E-state index in [-0.39, 0.29) is 5.75 Å². The lowest BCUT2D eigenvalue weighted by molar-refractivity contribution is 0.154. The second kappa shape index (κ2) is 13.8. The molecule has 1 aromatic carbocycles. The van der Waals surface area contributed by atoms with Crippen LogP contribution in [0.5, 0.6) is 5.75 Å². The fourth-order valence-corrected chi connectivity index (χ4v) is 7.90. The highest BCUT2D eigenvalue weighted by Crippen LogP contribution is 2.33. The van der Waals surface area contributed by atoms with Crippen LogP contribution in [0.2, 0.25) is 0 Å². The smallest absolute Gasteiger partial charge is 0.231 e. The van der Waals surface area contributed by atoms with E-state index in [1.165, 1.54) is 19.3 Å². The molecule has 2 aromatic heterocycles. The van der Waals surface area contributed by atoms with Crippen molar-refractivity contribution in [3.05, 3.63) is 24.5 Å². The Bertz CT molecular complexity index is 1490. The van der Waals surface area contributed by atoms with Crippen molar-refractivity contribution >= 4 is 44.3 Å². The van der Waals surface area contributed by atoms with Crippen molar-refractivity contribution in [3.8, 4) is 5.75 Å². The van der Waals surface area contributed by atoms with Gasteiger partial charge in [-0.25, -0.2) is 13.4 Å². The van der Waals surface area contributed by atoms with Crippen LogP contribution in [0.4, 0.5) is 23.1 Å². The molecule has 14 heteroatoms. The quantitative estimate of drug-likeness (QED) is 0.290. The van der Waals surface area contributed by atoms with Gasteiger partial charge in [0.25, 0.3) is 0 Å². The fraction of sp³-hybridized carbons (Fsp3) is 0.633. The van der Waals surface area contributed by atoms with Crippen molar-refractivity contribution in [2.24, 2.45) is 0 Å². The third-order valence-corrected chi connectivity index (χ3v) is 11.1. The SMILES string of the molecule is COc1cc(N2CCN(S(=O)(=O)CCCN3CCN(C)CC3)CC2)ccc1Nc1nc(NC2CCCCC2)c2[nH]cnc2n1. The van der Waals surface area contributed by atoms with Crippen molar-refractivity contribution in [2.45, 2.75) is 44.6 Å². The maximum absolute atomic E-state index is 13.1. The molecular formula is C30H46N10O3S. The summed E-state index contributed by atoms with van der Waals surface area (Å²) in [6.45, 7) is 7.17. The Labute approximate surface area is 260 Å². The van der Waals surface area contributed by atoms with Gasteiger partial charge in [-0.05, 0) is 45.0 Å². The number of anilines is 4. The van der Waals surface area contributed by atoms with E-state index in [2.05, 4.69) is 47.3 Å². The van der Waals surface area contributed by atoms with Crippen LogP contribution in [0.1, 0.15) is 38.5 Å². The summed E-state index contributed by atoms with van der Waals surface area (Å²) < 4.78 is 33.6. The molecule has 240 valence electrons. The van der Waals surface area contributed by atoms with Gasteiger partial charge in [0.05, 0.1) is 24.9 Å². The first-order chi connectivity index (χ1) is 21.4.